The fourth-order valence-corrected chi connectivity index (χ4v) is 8.60. The summed E-state index contributed by atoms with van der Waals surface area (Å²) in [5.41, 5.74) is 8.68. The van der Waals surface area contributed by atoms with E-state index in [1.807, 2.05) is 23.1 Å². The van der Waals surface area contributed by atoms with E-state index in [0.717, 1.165) is 0 Å². The number of aromatic nitrogens is 1. The van der Waals surface area contributed by atoms with Crippen molar-refractivity contribution in [2.45, 2.75) is 10.3 Å². The Morgan fingerprint density at radius 3 is 1.85 bits per heavy atom. The van der Waals surface area contributed by atoms with Gasteiger partial charge in [0.2, 0.25) is 0 Å². The number of anilines is 1. The minimum absolute atomic E-state index is 0.209. The molecule has 0 bridgehead atoms. The lowest BCUT2D eigenvalue weighted by molar-refractivity contribution is 1.14. The van der Waals surface area contributed by atoms with Gasteiger partial charge in [-0.05, 0) is 59.2 Å². The van der Waals surface area contributed by atoms with Crippen molar-refractivity contribution in [3.63, 3.8) is 0 Å². The van der Waals surface area contributed by atoms with E-state index >= 15 is 0 Å². The molecule has 0 radical (unpaired) electrons. The molecule has 9 rings (SSSR count). The maximum Gasteiger partial charge on any atom is 0.103 e. The molecule has 194 valence electrons. The summed E-state index contributed by atoms with van der Waals surface area (Å²) in [6.07, 6.45) is 0. The van der Waals surface area contributed by atoms with Crippen LogP contribution in [0, 0.1) is 0 Å². The van der Waals surface area contributed by atoms with Crippen LogP contribution in [0.25, 0.3) is 58.8 Å². The van der Waals surface area contributed by atoms with Crippen LogP contribution in [0.15, 0.2) is 138 Å². The quantitative estimate of drug-likeness (QED) is 0.231. The van der Waals surface area contributed by atoms with E-state index in [1.54, 1.807) is 0 Å². The zero-order valence-electron chi connectivity index (χ0n) is 22.0. The average molecular weight is 561 g/mol. The number of thioether (sulfide) groups is 1. The van der Waals surface area contributed by atoms with Crippen LogP contribution < -0.4 is 5.32 Å². The lowest BCUT2D eigenvalue weighted by Gasteiger charge is -2.13. The normalized spacial score (nSPS) is 14.7. The first kappa shape index (κ1) is 23.2. The van der Waals surface area contributed by atoms with Crippen molar-refractivity contribution in [3.8, 4) is 16.8 Å². The summed E-state index contributed by atoms with van der Waals surface area (Å²) in [5.74, 6) is 0. The Bertz CT molecular complexity index is 2200. The van der Waals surface area contributed by atoms with Crippen molar-refractivity contribution in [2.24, 2.45) is 0 Å². The second-order valence-corrected chi connectivity index (χ2v) is 12.8. The van der Waals surface area contributed by atoms with Crippen molar-refractivity contribution in [1.82, 2.24) is 4.57 Å². The molecule has 1 aliphatic rings. The highest BCUT2D eigenvalue weighted by atomic mass is 32.2. The van der Waals surface area contributed by atoms with Gasteiger partial charge >= 0.3 is 0 Å². The highest BCUT2D eigenvalue weighted by molar-refractivity contribution is 8.00. The lowest BCUT2D eigenvalue weighted by Crippen LogP contribution is -2.01. The van der Waals surface area contributed by atoms with E-state index < -0.39 is 0 Å². The average Bonchev–Trinajstić information content (AvgIpc) is 3.73. The van der Waals surface area contributed by atoms with Gasteiger partial charge in [0.1, 0.15) is 5.37 Å². The fourth-order valence-electron chi connectivity index (χ4n) is 6.33. The van der Waals surface area contributed by atoms with Gasteiger partial charge in [-0.25, -0.2) is 0 Å². The zero-order valence-corrected chi connectivity index (χ0v) is 23.7. The Labute approximate surface area is 245 Å². The number of hydrogen-bond donors (Lipinski definition) is 1. The first-order valence-corrected chi connectivity index (χ1v) is 15.6. The Hall–Kier alpha value is -4.51. The maximum absolute atomic E-state index is 3.85. The van der Waals surface area contributed by atoms with Gasteiger partial charge in [0.15, 0.2) is 0 Å². The van der Waals surface area contributed by atoms with Crippen molar-refractivity contribution in [3.05, 3.63) is 139 Å². The van der Waals surface area contributed by atoms with Crippen molar-refractivity contribution in [1.29, 1.82) is 0 Å². The number of rotatable bonds is 3. The highest BCUT2D eigenvalue weighted by Gasteiger charge is 2.26. The van der Waals surface area contributed by atoms with E-state index in [-0.39, 0.29) is 5.37 Å². The van der Waals surface area contributed by atoms with Gasteiger partial charge in [0, 0.05) is 41.5 Å². The van der Waals surface area contributed by atoms with E-state index in [4.69, 9.17) is 0 Å². The molecule has 8 aromatic rings. The molecule has 1 N–H and O–H groups in total. The van der Waals surface area contributed by atoms with E-state index in [0.29, 0.717) is 0 Å². The Morgan fingerprint density at radius 2 is 1.15 bits per heavy atom. The molecule has 0 aliphatic carbocycles. The molecule has 1 unspecified atom stereocenters. The molecule has 4 heteroatoms. The van der Waals surface area contributed by atoms with Crippen LogP contribution in [0.5, 0.6) is 0 Å². The molecule has 3 heterocycles. The number of hydrogen-bond acceptors (Lipinski definition) is 3. The van der Waals surface area contributed by atoms with Crippen LogP contribution in [0.1, 0.15) is 10.9 Å². The summed E-state index contributed by atoms with van der Waals surface area (Å²) >= 11 is 3.78. The van der Waals surface area contributed by atoms with Crippen LogP contribution >= 0.6 is 23.1 Å². The summed E-state index contributed by atoms with van der Waals surface area (Å²) in [5, 5.41) is 9.34. The smallest absolute Gasteiger partial charge is 0.103 e. The Morgan fingerprint density at radius 1 is 0.537 bits per heavy atom. The SMILES string of the molecule is c1ccc2c(c1)sc1ccc3c(c12)NC(c1ccc(-c2ccc(-n4c5ccccc5c5ccccc54)cc2)cc1)S3. The summed E-state index contributed by atoms with van der Waals surface area (Å²) in [6, 6.07) is 48.6. The molecule has 1 atom stereocenters. The standard InChI is InChI=1S/C37H24N2S2/c1-4-10-30-27(7-1)28-8-2-5-11-31(28)39(30)26-19-17-24(18-20-26)23-13-15-25(16-14-23)37-38-36-34(41-37)22-21-33-35(36)29-9-3-6-12-32(29)40-33/h1-22,37-38H. The number of thiophene rings is 1. The second-order valence-electron chi connectivity index (χ2n) is 10.6. The maximum atomic E-state index is 3.85. The molecule has 0 saturated carbocycles. The van der Waals surface area contributed by atoms with Crippen molar-refractivity contribution < 1.29 is 0 Å². The predicted octanol–water partition coefficient (Wildman–Crippen LogP) is 11.0. The van der Waals surface area contributed by atoms with Crippen LogP contribution in [0.3, 0.4) is 0 Å². The topological polar surface area (TPSA) is 17.0 Å². The molecular weight excluding hydrogens is 537 g/mol. The van der Waals surface area contributed by atoms with E-state index in [2.05, 4.69) is 143 Å². The van der Waals surface area contributed by atoms with Crippen molar-refractivity contribution >= 4 is 70.8 Å². The lowest BCUT2D eigenvalue weighted by atomic mass is 10.0. The minimum Gasteiger partial charge on any atom is -0.368 e. The molecular formula is C37H24N2S2. The molecule has 2 nitrogen and oxygen atoms in total. The first-order valence-electron chi connectivity index (χ1n) is 13.9. The van der Waals surface area contributed by atoms with Crippen LogP contribution in [-0.2, 0) is 0 Å². The second kappa shape index (κ2) is 9.00. The molecule has 41 heavy (non-hydrogen) atoms. The molecule has 0 saturated heterocycles. The van der Waals surface area contributed by atoms with E-state index in [1.165, 1.54) is 74.9 Å². The number of fused-ring (bicyclic) bond motifs is 8. The third-order valence-electron chi connectivity index (χ3n) is 8.28. The van der Waals surface area contributed by atoms with Crippen LogP contribution in [0.4, 0.5) is 5.69 Å². The molecule has 0 amide bonds. The van der Waals surface area contributed by atoms with Gasteiger partial charge in [-0.3, -0.25) is 0 Å². The van der Waals surface area contributed by atoms with Crippen LogP contribution in [0.2, 0.25) is 0 Å². The molecule has 0 spiro atoms. The summed E-state index contributed by atoms with van der Waals surface area (Å²) in [6.45, 7) is 0. The third-order valence-corrected chi connectivity index (χ3v) is 10.6. The van der Waals surface area contributed by atoms with Crippen LogP contribution in [-0.4, -0.2) is 4.57 Å². The molecule has 2 aromatic heterocycles. The third kappa shape index (κ3) is 3.58. The zero-order chi connectivity index (χ0) is 26.9. The highest BCUT2D eigenvalue weighted by Crippen LogP contribution is 2.52. The van der Waals surface area contributed by atoms with Crippen molar-refractivity contribution in [2.75, 3.05) is 5.32 Å². The summed E-state index contributed by atoms with van der Waals surface area (Å²) in [7, 11) is 0. The number of benzene rings is 6. The van der Waals surface area contributed by atoms with Gasteiger partial charge in [0.25, 0.3) is 0 Å². The van der Waals surface area contributed by atoms with Gasteiger partial charge in [-0.2, -0.15) is 0 Å². The van der Waals surface area contributed by atoms with Gasteiger partial charge < -0.3 is 9.88 Å². The number of nitrogens with one attached hydrogen (secondary N) is 1. The molecule has 6 aromatic carbocycles. The molecule has 1 aliphatic heterocycles. The minimum atomic E-state index is 0.209. The predicted molar refractivity (Wildman–Crippen MR) is 178 cm³/mol. The summed E-state index contributed by atoms with van der Waals surface area (Å²) in [4.78, 5) is 1.33. The Kier molecular flexibility index (Phi) is 5.10. The monoisotopic (exact) mass is 560 g/mol. The largest absolute Gasteiger partial charge is 0.368 e. The van der Waals surface area contributed by atoms with Gasteiger partial charge in [-0.15, -0.1) is 11.3 Å². The number of para-hydroxylation sites is 2. The fraction of sp³-hybridized carbons (Fsp3) is 0.0270. The van der Waals surface area contributed by atoms with E-state index in [9.17, 15) is 0 Å². The summed E-state index contributed by atoms with van der Waals surface area (Å²) < 4.78 is 5.06. The Balaban J connectivity index is 1.02. The molecule has 0 fully saturated rings. The number of nitrogens with zero attached hydrogens (tertiary/aromatic N) is 1. The first-order chi connectivity index (χ1) is 20.3. The van der Waals surface area contributed by atoms with Gasteiger partial charge in [0.05, 0.1) is 16.7 Å². The van der Waals surface area contributed by atoms with Gasteiger partial charge in [-0.1, -0.05) is 103 Å².